The van der Waals surface area contributed by atoms with E-state index in [1.165, 1.54) is 15.8 Å². The largest absolute Gasteiger partial charge is 0.271 e. The molecule has 3 aromatic rings. The van der Waals surface area contributed by atoms with E-state index in [2.05, 4.69) is 54.8 Å². The number of aryl methyl sites for hydroxylation is 1. The number of benzene rings is 2. The van der Waals surface area contributed by atoms with Crippen molar-refractivity contribution in [2.45, 2.75) is 25.8 Å². The van der Waals surface area contributed by atoms with Gasteiger partial charge in [0.2, 0.25) is 0 Å². The number of hydrazine groups is 1. The predicted octanol–water partition coefficient (Wildman–Crippen LogP) is 3.61. The summed E-state index contributed by atoms with van der Waals surface area (Å²) in [5, 5.41) is 1.12. The van der Waals surface area contributed by atoms with Gasteiger partial charge >= 0.3 is 0 Å². The number of fused-ring (bicyclic) bond motifs is 1. The monoisotopic (exact) mass is 297 g/mol. The molecule has 0 saturated heterocycles. The highest BCUT2D eigenvalue weighted by Gasteiger charge is 2.16. The quantitative estimate of drug-likeness (QED) is 0.559. The van der Waals surface area contributed by atoms with Gasteiger partial charge in [-0.1, -0.05) is 43.3 Å². The van der Waals surface area contributed by atoms with Crippen molar-refractivity contribution in [2.75, 3.05) is 0 Å². The van der Waals surface area contributed by atoms with Crippen molar-refractivity contribution in [1.82, 2.24) is 10.4 Å². The summed E-state index contributed by atoms with van der Waals surface area (Å²) in [4.78, 5) is 4.70. The lowest BCUT2D eigenvalue weighted by atomic mass is 9.97. The lowest BCUT2D eigenvalue weighted by Crippen LogP contribution is -2.30. The van der Waals surface area contributed by atoms with E-state index in [0.29, 0.717) is 0 Å². The first-order chi connectivity index (χ1) is 10.3. The molecule has 1 heterocycles. The molecule has 0 aliphatic heterocycles. The molecule has 1 aromatic heterocycles. The van der Waals surface area contributed by atoms with Crippen molar-refractivity contribution in [1.29, 1.82) is 0 Å². The molecule has 4 heteroatoms. The van der Waals surface area contributed by atoms with Crippen LogP contribution in [0.5, 0.6) is 0 Å². The van der Waals surface area contributed by atoms with Crippen LogP contribution in [0, 0.1) is 0 Å². The molecule has 0 fully saturated rings. The van der Waals surface area contributed by atoms with Crippen LogP contribution in [0.2, 0.25) is 0 Å². The molecule has 1 atom stereocenters. The third kappa shape index (κ3) is 2.97. The van der Waals surface area contributed by atoms with Gasteiger partial charge in [0.1, 0.15) is 0 Å². The second-order valence-corrected chi connectivity index (χ2v) is 6.17. The number of aromatic nitrogens is 1. The van der Waals surface area contributed by atoms with Crippen molar-refractivity contribution in [2.24, 2.45) is 5.84 Å². The zero-order chi connectivity index (χ0) is 14.7. The van der Waals surface area contributed by atoms with Crippen LogP contribution in [0.1, 0.15) is 29.1 Å². The Hall–Kier alpha value is -1.75. The molecule has 0 bridgehead atoms. The van der Waals surface area contributed by atoms with Gasteiger partial charge in [-0.2, -0.15) is 0 Å². The molecule has 2 aromatic carbocycles. The Morgan fingerprint density at radius 2 is 1.90 bits per heavy atom. The van der Waals surface area contributed by atoms with E-state index >= 15 is 0 Å². The van der Waals surface area contributed by atoms with Crippen molar-refractivity contribution in [3.05, 3.63) is 64.7 Å². The Balaban J connectivity index is 1.90. The molecule has 21 heavy (non-hydrogen) atoms. The van der Waals surface area contributed by atoms with Gasteiger partial charge in [0.05, 0.1) is 21.3 Å². The van der Waals surface area contributed by atoms with Gasteiger partial charge in [-0.3, -0.25) is 11.3 Å². The zero-order valence-electron chi connectivity index (χ0n) is 12.0. The lowest BCUT2D eigenvalue weighted by molar-refractivity contribution is 0.547. The fourth-order valence-corrected chi connectivity index (χ4v) is 3.65. The van der Waals surface area contributed by atoms with Crippen LogP contribution in [-0.2, 0) is 12.8 Å². The molecule has 0 radical (unpaired) electrons. The lowest BCUT2D eigenvalue weighted by Gasteiger charge is -2.18. The Morgan fingerprint density at radius 1 is 1.14 bits per heavy atom. The van der Waals surface area contributed by atoms with Gasteiger partial charge in [-0.25, -0.2) is 4.98 Å². The molecule has 0 saturated carbocycles. The van der Waals surface area contributed by atoms with E-state index in [1.807, 2.05) is 6.07 Å². The summed E-state index contributed by atoms with van der Waals surface area (Å²) in [5.41, 5.74) is 6.62. The zero-order valence-corrected chi connectivity index (χ0v) is 12.9. The highest BCUT2D eigenvalue weighted by Crippen LogP contribution is 2.27. The molecule has 3 rings (SSSR count). The maximum Gasteiger partial charge on any atom is 0.0958 e. The van der Waals surface area contributed by atoms with E-state index < -0.39 is 0 Å². The van der Waals surface area contributed by atoms with Crippen LogP contribution in [0.15, 0.2) is 48.5 Å². The Labute approximate surface area is 128 Å². The number of nitrogens with one attached hydrogen (secondary N) is 1. The van der Waals surface area contributed by atoms with Crippen LogP contribution in [0.25, 0.3) is 10.2 Å². The minimum absolute atomic E-state index is 0.0988. The normalized spacial score (nSPS) is 12.7. The molecule has 0 spiro atoms. The molecular formula is C17H19N3S. The van der Waals surface area contributed by atoms with Crippen molar-refractivity contribution < 1.29 is 0 Å². The fourth-order valence-electron chi connectivity index (χ4n) is 2.64. The second-order valence-electron chi connectivity index (χ2n) is 5.05. The first kappa shape index (κ1) is 14.2. The van der Waals surface area contributed by atoms with Gasteiger partial charge in [-0.15, -0.1) is 11.3 Å². The van der Waals surface area contributed by atoms with Gasteiger partial charge in [0, 0.05) is 6.42 Å². The van der Waals surface area contributed by atoms with Crippen molar-refractivity contribution >= 4 is 21.6 Å². The van der Waals surface area contributed by atoms with E-state index in [0.717, 1.165) is 23.4 Å². The summed E-state index contributed by atoms with van der Waals surface area (Å²) in [6.45, 7) is 2.17. The molecule has 3 nitrogen and oxygen atoms in total. The van der Waals surface area contributed by atoms with E-state index in [9.17, 15) is 0 Å². The summed E-state index contributed by atoms with van der Waals surface area (Å²) in [7, 11) is 0. The summed E-state index contributed by atoms with van der Waals surface area (Å²) in [5.74, 6) is 5.80. The Morgan fingerprint density at radius 3 is 2.67 bits per heavy atom. The van der Waals surface area contributed by atoms with E-state index in [1.54, 1.807) is 11.3 Å². The minimum atomic E-state index is 0.0988. The predicted molar refractivity (Wildman–Crippen MR) is 89.2 cm³/mol. The van der Waals surface area contributed by atoms with Gasteiger partial charge < -0.3 is 0 Å². The number of hydrogen-bond donors (Lipinski definition) is 2. The number of nitrogens with zero attached hydrogens (tertiary/aromatic N) is 1. The van der Waals surface area contributed by atoms with Crippen LogP contribution in [0.4, 0.5) is 0 Å². The average molecular weight is 297 g/mol. The molecule has 0 aliphatic rings. The minimum Gasteiger partial charge on any atom is -0.271 e. The van der Waals surface area contributed by atoms with Gasteiger partial charge in [0.15, 0.2) is 0 Å². The van der Waals surface area contributed by atoms with E-state index in [-0.39, 0.29) is 6.04 Å². The molecule has 1 unspecified atom stereocenters. The van der Waals surface area contributed by atoms with Crippen LogP contribution < -0.4 is 11.3 Å². The number of para-hydroxylation sites is 1. The maximum absolute atomic E-state index is 5.80. The van der Waals surface area contributed by atoms with Crippen LogP contribution in [-0.4, -0.2) is 4.98 Å². The summed E-state index contributed by atoms with van der Waals surface area (Å²) in [6, 6.07) is 16.8. The summed E-state index contributed by atoms with van der Waals surface area (Å²) < 4.78 is 1.23. The SMILES string of the molecule is CCc1ccccc1C(Cc1nc2ccccc2s1)NN. The van der Waals surface area contributed by atoms with E-state index in [4.69, 9.17) is 10.8 Å². The second kappa shape index (κ2) is 6.35. The maximum atomic E-state index is 5.80. The van der Waals surface area contributed by atoms with Gasteiger partial charge in [0.25, 0.3) is 0 Å². The molecule has 0 aliphatic carbocycles. The number of hydrogen-bond acceptors (Lipinski definition) is 4. The molecule has 0 amide bonds. The first-order valence-electron chi connectivity index (χ1n) is 7.20. The molecular weight excluding hydrogens is 278 g/mol. The Bertz CT molecular complexity index is 702. The Kier molecular flexibility index (Phi) is 4.29. The standard InChI is InChI=1S/C17H19N3S/c1-2-12-7-3-4-8-13(12)15(20-18)11-17-19-14-9-5-6-10-16(14)21-17/h3-10,15,20H,2,11,18H2,1H3. The highest BCUT2D eigenvalue weighted by atomic mass is 32.1. The van der Waals surface area contributed by atoms with Crippen molar-refractivity contribution in [3.63, 3.8) is 0 Å². The van der Waals surface area contributed by atoms with Crippen molar-refractivity contribution in [3.8, 4) is 0 Å². The highest BCUT2D eigenvalue weighted by molar-refractivity contribution is 7.18. The molecule has 108 valence electrons. The number of nitrogens with two attached hydrogens (primary N) is 1. The number of thiazole rings is 1. The smallest absolute Gasteiger partial charge is 0.0958 e. The van der Waals surface area contributed by atoms with Crippen LogP contribution >= 0.6 is 11.3 Å². The fraction of sp³-hybridized carbons (Fsp3) is 0.235. The summed E-state index contributed by atoms with van der Waals surface area (Å²) >= 11 is 1.74. The van der Waals surface area contributed by atoms with Gasteiger partial charge in [-0.05, 0) is 29.7 Å². The number of rotatable bonds is 5. The first-order valence-corrected chi connectivity index (χ1v) is 8.02. The van der Waals surface area contributed by atoms with Crippen LogP contribution in [0.3, 0.4) is 0 Å². The topological polar surface area (TPSA) is 50.9 Å². The average Bonchev–Trinajstić information content (AvgIpc) is 2.95. The summed E-state index contributed by atoms with van der Waals surface area (Å²) in [6.07, 6.45) is 1.82. The molecule has 3 N–H and O–H groups in total. The third-order valence-corrected chi connectivity index (χ3v) is 4.79. The third-order valence-electron chi connectivity index (χ3n) is 3.73.